The van der Waals surface area contributed by atoms with E-state index in [0.717, 1.165) is 19.3 Å². The lowest BCUT2D eigenvalue weighted by Gasteiger charge is -2.19. The summed E-state index contributed by atoms with van der Waals surface area (Å²) in [5, 5.41) is 1.80. The van der Waals surface area contributed by atoms with Gasteiger partial charge in [-0.2, -0.15) is 0 Å². The van der Waals surface area contributed by atoms with E-state index in [1.165, 1.54) is 16.2 Å². The van der Waals surface area contributed by atoms with E-state index in [0.29, 0.717) is 22.4 Å². The van der Waals surface area contributed by atoms with E-state index < -0.39 is 5.97 Å². The largest absolute Gasteiger partial charge is 0.420 e. The van der Waals surface area contributed by atoms with Gasteiger partial charge < -0.3 is 4.74 Å². The molecule has 2 saturated carbocycles. The number of benzene rings is 1. The summed E-state index contributed by atoms with van der Waals surface area (Å²) < 4.78 is 5.52. The Morgan fingerprint density at radius 3 is 2.35 bits per heavy atom. The highest BCUT2D eigenvalue weighted by molar-refractivity contribution is 7.12. The van der Waals surface area contributed by atoms with Crippen LogP contribution in [0.3, 0.4) is 0 Å². The zero-order chi connectivity index (χ0) is 17.8. The minimum atomic E-state index is -0.480. The summed E-state index contributed by atoms with van der Waals surface area (Å²) >= 11 is 1.29. The first-order valence-corrected chi connectivity index (χ1v) is 9.75. The number of hydrogen-bond donors (Lipinski definition) is 0. The highest BCUT2D eigenvalue weighted by Gasteiger charge is 2.61. The molecule has 4 atom stereocenters. The molecule has 132 valence electrons. The number of fused-ring (bicyclic) bond motifs is 5. The number of hydrogen-bond acceptors (Lipinski definition) is 5. The number of amides is 2. The molecule has 0 radical (unpaired) electrons. The summed E-state index contributed by atoms with van der Waals surface area (Å²) in [5.74, 6) is -0.227. The van der Waals surface area contributed by atoms with Crippen LogP contribution in [0.2, 0.25) is 0 Å². The van der Waals surface area contributed by atoms with Crippen molar-refractivity contribution in [2.45, 2.75) is 19.3 Å². The van der Waals surface area contributed by atoms with Crippen molar-refractivity contribution in [3.8, 4) is 5.75 Å². The number of esters is 1. The van der Waals surface area contributed by atoms with Gasteiger partial charge in [0.25, 0.3) is 0 Å². The Hall–Kier alpha value is -2.47. The van der Waals surface area contributed by atoms with Crippen molar-refractivity contribution in [3.63, 3.8) is 0 Å². The summed E-state index contributed by atoms with van der Waals surface area (Å²) in [6.07, 6.45) is 3.07. The summed E-state index contributed by atoms with van der Waals surface area (Å²) in [6, 6.07) is 10.2. The Kier molecular flexibility index (Phi) is 3.50. The lowest BCUT2D eigenvalue weighted by Crippen LogP contribution is -2.33. The summed E-state index contributed by atoms with van der Waals surface area (Å²) in [4.78, 5) is 40.1. The molecule has 2 heterocycles. The van der Waals surface area contributed by atoms with Gasteiger partial charge in [0, 0.05) is 0 Å². The number of thiophene rings is 1. The molecule has 0 spiro atoms. The molecular weight excluding hydrogens is 350 g/mol. The maximum atomic E-state index is 13.0. The molecule has 3 aliphatic rings. The number of imide groups is 1. The van der Waals surface area contributed by atoms with Crippen LogP contribution in [0.15, 0.2) is 41.8 Å². The van der Waals surface area contributed by atoms with Gasteiger partial charge in [-0.05, 0) is 54.7 Å². The lowest BCUT2D eigenvalue weighted by atomic mass is 9.81. The number of ether oxygens (including phenoxy) is 1. The van der Waals surface area contributed by atoms with E-state index in [4.69, 9.17) is 4.74 Å². The van der Waals surface area contributed by atoms with Crippen LogP contribution in [0.5, 0.6) is 5.75 Å². The molecule has 2 aromatic rings. The molecule has 1 aliphatic heterocycles. The fraction of sp³-hybridized carbons (Fsp3) is 0.350. The molecule has 1 saturated heterocycles. The van der Waals surface area contributed by atoms with E-state index in [1.807, 2.05) is 0 Å². The molecule has 6 heteroatoms. The summed E-state index contributed by atoms with van der Waals surface area (Å²) in [7, 11) is 0. The van der Waals surface area contributed by atoms with Gasteiger partial charge in [0.2, 0.25) is 11.8 Å². The monoisotopic (exact) mass is 367 g/mol. The van der Waals surface area contributed by atoms with Gasteiger partial charge in [0.15, 0.2) is 5.75 Å². The lowest BCUT2D eigenvalue weighted by molar-refractivity contribution is -0.123. The van der Waals surface area contributed by atoms with E-state index in [2.05, 4.69) is 0 Å². The molecule has 2 bridgehead atoms. The van der Waals surface area contributed by atoms with Crippen LogP contribution in [0.4, 0.5) is 5.69 Å². The predicted octanol–water partition coefficient (Wildman–Crippen LogP) is 3.50. The molecule has 0 unspecified atom stereocenters. The third-order valence-corrected chi connectivity index (χ3v) is 6.81. The summed E-state index contributed by atoms with van der Waals surface area (Å²) in [5.41, 5.74) is 0.376. The third-order valence-electron chi connectivity index (χ3n) is 5.96. The zero-order valence-electron chi connectivity index (χ0n) is 14.0. The second-order valence-corrected chi connectivity index (χ2v) is 8.18. The molecule has 2 aliphatic carbocycles. The average Bonchev–Trinajstić information content (AvgIpc) is 3.41. The molecule has 0 N–H and O–H groups in total. The Labute approximate surface area is 154 Å². The van der Waals surface area contributed by atoms with Crippen molar-refractivity contribution in [3.05, 3.63) is 46.7 Å². The van der Waals surface area contributed by atoms with E-state index in [9.17, 15) is 14.4 Å². The Balaban J connectivity index is 1.48. The van der Waals surface area contributed by atoms with Crippen LogP contribution in [0.25, 0.3) is 0 Å². The predicted molar refractivity (Wildman–Crippen MR) is 96.0 cm³/mol. The second-order valence-electron chi connectivity index (χ2n) is 7.23. The Bertz CT molecular complexity index is 878. The minimum Gasteiger partial charge on any atom is -0.420 e. The van der Waals surface area contributed by atoms with Gasteiger partial charge in [-0.15, -0.1) is 11.3 Å². The fourth-order valence-corrected chi connectivity index (χ4v) is 5.52. The summed E-state index contributed by atoms with van der Waals surface area (Å²) in [6.45, 7) is 0. The van der Waals surface area contributed by atoms with Crippen molar-refractivity contribution in [2.75, 3.05) is 4.90 Å². The molecule has 26 heavy (non-hydrogen) atoms. The average molecular weight is 367 g/mol. The van der Waals surface area contributed by atoms with E-state index in [1.54, 1.807) is 41.8 Å². The molecule has 1 aromatic carbocycles. The quantitative estimate of drug-likeness (QED) is 0.473. The van der Waals surface area contributed by atoms with Gasteiger partial charge in [-0.25, -0.2) is 9.69 Å². The molecule has 5 nitrogen and oxygen atoms in total. The smallest absolute Gasteiger partial charge is 0.353 e. The van der Waals surface area contributed by atoms with Gasteiger partial charge in [-0.1, -0.05) is 18.2 Å². The molecular formula is C20H17NO4S. The molecule has 1 aromatic heterocycles. The van der Waals surface area contributed by atoms with Crippen molar-refractivity contribution < 1.29 is 19.1 Å². The van der Waals surface area contributed by atoms with Crippen molar-refractivity contribution in [1.29, 1.82) is 0 Å². The van der Waals surface area contributed by atoms with Crippen LogP contribution >= 0.6 is 11.3 Å². The van der Waals surface area contributed by atoms with Crippen molar-refractivity contribution >= 4 is 34.8 Å². The first-order chi connectivity index (χ1) is 12.6. The highest BCUT2D eigenvalue weighted by Crippen LogP contribution is 2.57. The van der Waals surface area contributed by atoms with Crippen molar-refractivity contribution in [2.24, 2.45) is 23.7 Å². The first kappa shape index (κ1) is 15.8. The van der Waals surface area contributed by atoms with Gasteiger partial charge in [0.1, 0.15) is 4.88 Å². The van der Waals surface area contributed by atoms with Gasteiger partial charge in [0.05, 0.1) is 17.5 Å². The molecule has 2 amide bonds. The fourth-order valence-electron chi connectivity index (χ4n) is 4.92. The maximum absolute atomic E-state index is 13.0. The Morgan fingerprint density at radius 2 is 1.69 bits per heavy atom. The van der Waals surface area contributed by atoms with Gasteiger partial charge in [-0.3, -0.25) is 9.59 Å². The van der Waals surface area contributed by atoms with Crippen LogP contribution in [-0.2, 0) is 9.59 Å². The normalized spacial score (nSPS) is 29.3. The third kappa shape index (κ3) is 2.18. The standard InChI is InChI=1S/C20H17NO4S/c22-18-16-11-7-8-12(10-11)17(16)19(23)21(18)13-4-1-2-5-14(13)25-20(24)15-6-3-9-26-15/h1-6,9,11-12,16-17H,7-8,10H2/t11-,12-,16-,17-/m0/s1. The van der Waals surface area contributed by atoms with E-state index >= 15 is 0 Å². The van der Waals surface area contributed by atoms with Crippen LogP contribution in [-0.4, -0.2) is 17.8 Å². The number of nitrogens with zero attached hydrogens (tertiary/aromatic N) is 1. The molecule has 5 rings (SSSR count). The first-order valence-electron chi connectivity index (χ1n) is 8.87. The number of carbonyl (C=O) groups is 3. The topological polar surface area (TPSA) is 63.7 Å². The van der Waals surface area contributed by atoms with Gasteiger partial charge >= 0.3 is 5.97 Å². The SMILES string of the molecule is O=C(Oc1ccccc1N1C(=O)[C@H]2[C@H]3CC[C@@H](C3)[C@@H]2C1=O)c1cccs1. The number of anilines is 1. The Morgan fingerprint density at radius 1 is 1.00 bits per heavy atom. The number of rotatable bonds is 3. The van der Waals surface area contributed by atoms with Crippen LogP contribution in [0.1, 0.15) is 28.9 Å². The van der Waals surface area contributed by atoms with Crippen LogP contribution in [0, 0.1) is 23.7 Å². The van der Waals surface area contributed by atoms with Crippen molar-refractivity contribution in [1.82, 2.24) is 0 Å². The van der Waals surface area contributed by atoms with Crippen LogP contribution < -0.4 is 9.64 Å². The second kappa shape index (κ2) is 5.77. The molecule has 3 fully saturated rings. The van der Waals surface area contributed by atoms with E-state index in [-0.39, 0.29) is 29.4 Å². The maximum Gasteiger partial charge on any atom is 0.353 e. The zero-order valence-corrected chi connectivity index (χ0v) is 14.8. The number of carbonyl (C=O) groups excluding carboxylic acids is 3. The minimum absolute atomic E-state index is 0.133. The number of para-hydroxylation sites is 2. The highest BCUT2D eigenvalue weighted by atomic mass is 32.1.